The summed E-state index contributed by atoms with van der Waals surface area (Å²) in [6.45, 7) is 2.14. The fourth-order valence-corrected chi connectivity index (χ4v) is 2.26. The maximum atomic E-state index is 10.6. The average molecular weight is 221 g/mol. The van der Waals surface area contributed by atoms with Gasteiger partial charge >= 0.3 is 0 Å². The van der Waals surface area contributed by atoms with Crippen LogP contribution < -0.4 is 11.1 Å². The molecule has 1 amide bonds. The van der Waals surface area contributed by atoms with Crippen molar-refractivity contribution in [3.63, 3.8) is 0 Å². The van der Waals surface area contributed by atoms with Gasteiger partial charge in [-0.3, -0.25) is 4.79 Å². The van der Waals surface area contributed by atoms with Crippen LogP contribution in [0, 0.1) is 6.92 Å². The van der Waals surface area contributed by atoms with Crippen molar-refractivity contribution in [1.29, 1.82) is 0 Å². The van der Waals surface area contributed by atoms with Gasteiger partial charge in [0.2, 0.25) is 5.91 Å². The van der Waals surface area contributed by atoms with E-state index in [2.05, 4.69) is 10.3 Å². The summed E-state index contributed by atoms with van der Waals surface area (Å²) in [5, 5.41) is 3.63. The first-order valence-corrected chi connectivity index (χ1v) is 5.37. The number of thiazole rings is 1. The summed E-state index contributed by atoms with van der Waals surface area (Å²) < 4.78 is 1.11. The van der Waals surface area contributed by atoms with Crippen molar-refractivity contribution in [3.8, 4) is 0 Å². The van der Waals surface area contributed by atoms with Crippen molar-refractivity contribution >= 4 is 32.6 Å². The van der Waals surface area contributed by atoms with Gasteiger partial charge in [-0.25, -0.2) is 4.98 Å². The molecule has 0 spiro atoms. The quantitative estimate of drug-likeness (QED) is 0.825. The average Bonchev–Trinajstić information content (AvgIpc) is 2.59. The highest BCUT2D eigenvalue weighted by Crippen LogP contribution is 2.27. The monoisotopic (exact) mass is 221 g/mol. The number of amides is 1. The summed E-state index contributed by atoms with van der Waals surface area (Å²) in [7, 11) is 0. The van der Waals surface area contributed by atoms with Crippen molar-refractivity contribution in [2.75, 3.05) is 11.9 Å². The zero-order valence-electron chi connectivity index (χ0n) is 8.28. The molecule has 5 heteroatoms. The Morgan fingerprint density at radius 1 is 1.60 bits per heavy atom. The lowest BCUT2D eigenvalue weighted by molar-refractivity contribution is -0.116. The van der Waals surface area contributed by atoms with Crippen LogP contribution in [0.1, 0.15) is 5.56 Å². The summed E-state index contributed by atoms with van der Waals surface area (Å²) >= 11 is 1.52. The van der Waals surface area contributed by atoms with Crippen molar-refractivity contribution in [1.82, 2.24) is 4.98 Å². The number of nitrogens with zero attached hydrogens (tertiary/aromatic N) is 1. The van der Waals surface area contributed by atoms with Gasteiger partial charge in [0.25, 0.3) is 0 Å². The number of carbonyl (C=O) groups excluding carboxylic acids is 1. The Labute approximate surface area is 91.1 Å². The number of hydrogen-bond acceptors (Lipinski definition) is 4. The van der Waals surface area contributed by atoms with Gasteiger partial charge in [0, 0.05) is 0 Å². The third-order valence-electron chi connectivity index (χ3n) is 2.03. The molecule has 0 aliphatic rings. The van der Waals surface area contributed by atoms with Gasteiger partial charge in [-0.05, 0) is 18.6 Å². The number of benzene rings is 1. The lowest BCUT2D eigenvalue weighted by Crippen LogP contribution is -2.21. The van der Waals surface area contributed by atoms with E-state index >= 15 is 0 Å². The first-order valence-electron chi connectivity index (χ1n) is 4.55. The van der Waals surface area contributed by atoms with Crippen molar-refractivity contribution in [2.45, 2.75) is 6.92 Å². The Balaban J connectivity index is 2.31. The molecule has 0 saturated heterocycles. The molecule has 1 aromatic carbocycles. The molecule has 0 bridgehead atoms. The Kier molecular flexibility index (Phi) is 2.55. The minimum atomic E-state index is -0.383. The van der Waals surface area contributed by atoms with Crippen LogP contribution in [0.4, 0.5) is 5.13 Å². The molecule has 0 unspecified atom stereocenters. The summed E-state index contributed by atoms with van der Waals surface area (Å²) in [6, 6.07) is 6.02. The predicted octanol–water partition coefficient (Wildman–Crippen LogP) is 1.50. The molecular formula is C10H11N3OS. The molecule has 15 heavy (non-hydrogen) atoms. The number of para-hydroxylation sites is 1. The lowest BCUT2D eigenvalue weighted by atomic mass is 10.2. The molecule has 0 aliphatic heterocycles. The highest BCUT2D eigenvalue weighted by atomic mass is 32.1. The Morgan fingerprint density at radius 3 is 3.07 bits per heavy atom. The smallest absolute Gasteiger partial charge is 0.236 e. The van der Waals surface area contributed by atoms with Gasteiger partial charge < -0.3 is 11.1 Å². The maximum absolute atomic E-state index is 10.6. The molecule has 0 saturated carbocycles. The number of rotatable bonds is 3. The van der Waals surface area contributed by atoms with Crippen LogP contribution in [-0.2, 0) is 4.79 Å². The van der Waals surface area contributed by atoms with Gasteiger partial charge in [-0.15, -0.1) is 0 Å². The van der Waals surface area contributed by atoms with Gasteiger partial charge in [-0.1, -0.05) is 23.5 Å². The van der Waals surface area contributed by atoms with Gasteiger partial charge in [0.1, 0.15) is 0 Å². The molecule has 4 nitrogen and oxygen atoms in total. The van der Waals surface area contributed by atoms with Crippen LogP contribution in [0.2, 0.25) is 0 Å². The summed E-state index contributed by atoms with van der Waals surface area (Å²) in [4.78, 5) is 15.0. The number of fused-ring (bicyclic) bond motifs is 1. The summed E-state index contributed by atoms with van der Waals surface area (Å²) in [5.74, 6) is -0.383. The number of anilines is 1. The number of nitrogens with one attached hydrogen (secondary N) is 1. The first-order chi connectivity index (χ1) is 7.16. The number of hydrogen-bond donors (Lipinski definition) is 2. The molecule has 0 radical (unpaired) electrons. The fraction of sp³-hybridized carbons (Fsp3) is 0.200. The van der Waals surface area contributed by atoms with Crippen molar-refractivity contribution in [2.24, 2.45) is 5.73 Å². The molecular weight excluding hydrogens is 210 g/mol. The molecule has 0 atom stereocenters. The van der Waals surface area contributed by atoms with Crippen molar-refractivity contribution < 1.29 is 4.79 Å². The standard InChI is InChI=1S/C10H11N3OS/c1-6-3-2-4-7-9(6)13-10(15-7)12-5-8(11)14/h2-4H,5H2,1H3,(H2,11,14)(H,12,13). The Hall–Kier alpha value is -1.62. The highest BCUT2D eigenvalue weighted by molar-refractivity contribution is 7.22. The van der Waals surface area contributed by atoms with Crippen LogP contribution in [0.15, 0.2) is 18.2 Å². The van der Waals surface area contributed by atoms with E-state index in [9.17, 15) is 4.79 Å². The minimum Gasteiger partial charge on any atom is -0.368 e. The maximum Gasteiger partial charge on any atom is 0.236 e. The number of aromatic nitrogens is 1. The summed E-state index contributed by atoms with van der Waals surface area (Å²) in [5.41, 5.74) is 7.16. The number of primary amides is 1. The van der Waals surface area contributed by atoms with E-state index in [-0.39, 0.29) is 12.5 Å². The first kappa shape index (κ1) is 9.92. The van der Waals surface area contributed by atoms with Crippen LogP contribution >= 0.6 is 11.3 Å². The fourth-order valence-electron chi connectivity index (χ4n) is 1.32. The van der Waals surface area contributed by atoms with Gasteiger partial charge in [0.05, 0.1) is 16.8 Å². The lowest BCUT2D eigenvalue weighted by Gasteiger charge is -1.95. The molecule has 0 aliphatic carbocycles. The predicted molar refractivity (Wildman–Crippen MR) is 62.0 cm³/mol. The second-order valence-electron chi connectivity index (χ2n) is 3.26. The van der Waals surface area contributed by atoms with Crippen molar-refractivity contribution in [3.05, 3.63) is 23.8 Å². The SMILES string of the molecule is Cc1cccc2sc(NCC(N)=O)nc12. The van der Waals surface area contributed by atoms with E-state index in [1.54, 1.807) is 0 Å². The third kappa shape index (κ3) is 2.07. The van der Waals surface area contributed by atoms with Crippen LogP contribution in [-0.4, -0.2) is 17.4 Å². The van der Waals surface area contributed by atoms with E-state index < -0.39 is 0 Å². The molecule has 1 aromatic heterocycles. The summed E-state index contributed by atoms with van der Waals surface area (Å²) in [6.07, 6.45) is 0. The topological polar surface area (TPSA) is 68.0 Å². The molecule has 0 fully saturated rings. The number of aryl methyl sites for hydroxylation is 1. The normalized spacial score (nSPS) is 10.5. The largest absolute Gasteiger partial charge is 0.368 e. The van der Waals surface area contributed by atoms with Crippen LogP contribution in [0.5, 0.6) is 0 Å². The third-order valence-corrected chi connectivity index (χ3v) is 3.01. The molecule has 78 valence electrons. The van der Waals surface area contributed by atoms with E-state index in [0.717, 1.165) is 20.9 Å². The second-order valence-corrected chi connectivity index (χ2v) is 4.29. The minimum absolute atomic E-state index is 0.124. The molecule has 2 rings (SSSR count). The van der Waals surface area contributed by atoms with Gasteiger partial charge in [-0.2, -0.15) is 0 Å². The van der Waals surface area contributed by atoms with E-state index in [0.29, 0.717) is 0 Å². The van der Waals surface area contributed by atoms with Crippen LogP contribution in [0.3, 0.4) is 0 Å². The second kappa shape index (κ2) is 3.86. The van der Waals surface area contributed by atoms with E-state index in [1.807, 2.05) is 25.1 Å². The molecule has 1 heterocycles. The van der Waals surface area contributed by atoms with E-state index in [1.165, 1.54) is 11.3 Å². The Morgan fingerprint density at radius 2 is 2.40 bits per heavy atom. The number of nitrogens with two attached hydrogens (primary N) is 1. The number of carbonyl (C=O) groups is 1. The zero-order valence-corrected chi connectivity index (χ0v) is 9.10. The molecule has 2 aromatic rings. The highest BCUT2D eigenvalue weighted by Gasteiger charge is 2.05. The van der Waals surface area contributed by atoms with E-state index in [4.69, 9.17) is 5.73 Å². The molecule has 3 N–H and O–H groups in total. The Bertz CT molecular complexity index is 506. The van der Waals surface area contributed by atoms with Gasteiger partial charge in [0.15, 0.2) is 5.13 Å². The van der Waals surface area contributed by atoms with Crippen LogP contribution in [0.25, 0.3) is 10.2 Å². The zero-order chi connectivity index (χ0) is 10.8.